The summed E-state index contributed by atoms with van der Waals surface area (Å²) in [5, 5.41) is 0. The minimum atomic E-state index is 0.0912. The van der Waals surface area contributed by atoms with E-state index in [1.54, 1.807) is 0 Å². The highest BCUT2D eigenvalue weighted by molar-refractivity contribution is 5.77. The van der Waals surface area contributed by atoms with E-state index in [1.165, 1.54) is 11.1 Å². The fourth-order valence-corrected chi connectivity index (χ4v) is 5.66. The number of fused-ring (bicyclic) bond motifs is 1. The van der Waals surface area contributed by atoms with E-state index in [0.29, 0.717) is 6.42 Å². The summed E-state index contributed by atoms with van der Waals surface area (Å²) in [6.07, 6.45) is 7.11. The van der Waals surface area contributed by atoms with E-state index in [4.69, 9.17) is 0 Å². The predicted octanol–water partition coefficient (Wildman–Crippen LogP) is 6.01. The monoisotopic (exact) mass is 495 g/mol. The second kappa shape index (κ2) is 12.1. The van der Waals surface area contributed by atoms with Crippen LogP contribution in [0.2, 0.25) is 0 Å². The molecule has 37 heavy (non-hydrogen) atoms. The lowest BCUT2D eigenvalue weighted by Gasteiger charge is -2.32. The number of hydrogen-bond acceptors (Lipinski definition) is 2. The van der Waals surface area contributed by atoms with Crippen molar-refractivity contribution in [1.82, 2.24) is 14.0 Å². The lowest BCUT2D eigenvalue weighted by atomic mass is 10.0. The van der Waals surface area contributed by atoms with Gasteiger partial charge in [0.05, 0.1) is 11.0 Å². The van der Waals surface area contributed by atoms with Crippen LogP contribution in [0.4, 0.5) is 0 Å². The molecule has 5 nitrogen and oxygen atoms in total. The molecule has 1 amide bonds. The normalized spacial score (nSPS) is 14.3. The molecule has 1 aromatic heterocycles. The average Bonchev–Trinajstić information content (AvgIpc) is 3.23. The number of aryl methyl sites for hydroxylation is 3. The Hall–Kier alpha value is -3.60. The largest absolute Gasteiger partial charge is 0.343 e. The van der Waals surface area contributed by atoms with Crippen molar-refractivity contribution >= 4 is 16.9 Å². The molecule has 5 rings (SSSR count). The van der Waals surface area contributed by atoms with Gasteiger partial charge in [-0.15, -0.1) is 0 Å². The van der Waals surface area contributed by atoms with Gasteiger partial charge >= 0.3 is 5.69 Å². The van der Waals surface area contributed by atoms with Gasteiger partial charge in [0.1, 0.15) is 0 Å². The highest BCUT2D eigenvalue weighted by atomic mass is 16.2. The maximum Gasteiger partial charge on any atom is 0.329 e. The quantitative estimate of drug-likeness (QED) is 0.253. The van der Waals surface area contributed by atoms with E-state index in [0.717, 1.165) is 75.6 Å². The third-order valence-corrected chi connectivity index (χ3v) is 7.69. The Labute approximate surface area is 219 Å². The summed E-state index contributed by atoms with van der Waals surface area (Å²) in [5.41, 5.74) is 4.76. The molecule has 1 fully saturated rings. The van der Waals surface area contributed by atoms with Crippen LogP contribution in [0.3, 0.4) is 0 Å². The predicted molar refractivity (Wildman–Crippen MR) is 150 cm³/mol. The summed E-state index contributed by atoms with van der Waals surface area (Å²) in [7, 11) is 0. The molecule has 0 atom stereocenters. The summed E-state index contributed by atoms with van der Waals surface area (Å²) in [4.78, 5) is 28.4. The SMILES string of the molecule is O=C(CCCc1ccccc1)N1CCC(n2c(=O)n(CCCCc3ccccc3)c3ccccc32)CC1. The molecule has 2 heterocycles. The summed E-state index contributed by atoms with van der Waals surface area (Å²) in [6.45, 7) is 2.17. The number of amides is 1. The Bertz CT molecular complexity index is 1350. The number of para-hydroxylation sites is 2. The zero-order valence-electron chi connectivity index (χ0n) is 21.6. The molecule has 0 saturated carbocycles. The molecular formula is C32H37N3O2. The number of imidazole rings is 1. The van der Waals surface area contributed by atoms with Crippen molar-refractivity contribution in [3.05, 3.63) is 107 Å². The third-order valence-electron chi connectivity index (χ3n) is 7.69. The van der Waals surface area contributed by atoms with Crippen molar-refractivity contribution < 1.29 is 4.79 Å². The summed E-state index contributed by atoms with van der Waals surface area (Å²) in [5.74, 6) is 0.238. The van der Waals surface area contributed by atoms with Gasteiger partial charge in [0.15, 0.2) is 0 Å². The number of carbonyl (C=O) groups excluding carboxylic acids is 1. The van der Waals surface area contributed by atoms with E-state index in [2.05, 4.69) is 48.5 Å². The fourth-order valence-electron chi connectivity index (χ4n) is 5.66. The maximum absolute atomic E-state index is 13.6. The molecule has 4 aromatic rings. The van der Waals surface area contributed by atoms with Crippen LogP contribution in [-0.2, 0) is 24.2 Å². The van der Waals surface area contributed by atoms with Crippen molar-refractivity contribution in [1.29, 1.82) is 0 Å². The molecule has 1 aliphatic rings. The van der Waals surface area contributed by atoms with Gasteiger partial charge in [-0.05, 0) is 68.2 Å². The standard InChI is InChI=1S/C32H37N3O2/c36-31(20-11-17-27-14-5-2-6-15-27)33-24-21-28(22-25-33)35-30-19-8-7-18-29(30)34(32(35)37)23-10-9-16-26-12-3-1-4-13-26/h1-8,12-15,18-19,28H,9-11,16-17,20-25H2. The second-order valence-corrected chi connectivity index (χ2v) is 10.2. The lowest BCUT2D eigenvalue weighted by Crippen LogP contribution is -2.41. The van der Waals surface area contributed by atoms with Gasteiger partial charge in [-0.3, -0.25) is 13.9 Å². The first-order chi connectivity index (χ1) is 18.2. The average molecular weight is 496 g/mol. The minimum Gasteiger partial charge on any atom is -0.343 e. The van der Waals surface area contributed by atoms with Crippen molar-refractivity contribution in [3.8, 4) is 0 Å². The molecule has 1 aliphatic heterocycles. The topological polar surface area (TPSA) is 47.2 Å². The van der Waals surface area contributed by atoms with E-state index >= 15 is 0 Å². The Morgan fingerprint density at radius 2 is 1.27 bits per heavy atom. The number of hydrogen-bond donors (Lipinski definition) is 0. The van der Waals surface area contributed by atoms with Gasteiger partial charge in [-0.2, -0.15) is 0 Å². The maximum atomic E-state index is 13.6. The molecule has 0 spiro atoms. The van der Waals surface area contributed by atoms with Crippen LogP contribution in [0.15, 0.2) is 89.7 Å². The highest BCUT2D eigenvalue weighted by Crippen LogP contribution is 2.26. The van der Waals surface area contributed by atoms with Crippen molar-refractivity contribution in [2.24, 2.45) is 0 Å². The molecule has 5 heteroatoms. The first-order valence-electron chi connectivity index (χ1n) is 13.8. The van der Waals surface area contributed by atoms with Gasteiger partial charge < -0.3 is 4.90 Å². The number of aromatic nitrogens is 2. The highest BCUT2D eigenvalue weighted by Gasteiger charge is 2.27. The van der Waals surface area contributed by atoms with Crippen LogP contribution in [0, 0.1) is 0 Å². The zero-order chi connectivity index (χ0) is 25.5. The zero-order valence-corrected chi connectivity index (χ0v) is 21.6. The number of unbranched alkanes of at least 4 members (excludes halogenated alkanes) is 1. The molecule has 3 aromatic carbocycles. The molecule has 0 N–H and O–H groups in total. The third kappa shape index (κ3) is 6.04. The molecule has 1 saturated heterocycles. The number of carbonyl (C=O) groups is 1. The van der Waals surface area contributed by atoms with Crippen molar-refractivity contribution in [2.75, 3.05) is 13.1 Å². The van der Waals surface area contributed by atoms with Crippen LogP contribution in [0.25, 0.3) is 11.0 Å². The smallest absolute Gasteiger partial charge is 0.329 e. The summed E-state index contributed by atoms with van der Waals surface area (Å²) < 4.78 is 3.96. The lowest BCUT2D eigenvalue weighted by molar-refractivity contribution is -0.132. The van der Waals surface area contributed by atoms with Gasteiger partial charge in [-0.1, -0.05) is 72.8 Å². The van der Waals surface area contributed by atoms with Gasteiger partial charge in [0.2, 0.25) is 5.91 Å². The molecule has 0 unspecified atom stereocenters. The molecule has 0 bridgehead atoms. The van der Waals surface area contributed by atoms with Gasteiger partial charge in [-0.25, -0.2) is 4.79 Å². The first-order valence-corrected chi connectivity index (χ1v) is 13.8. The number of rotatable bonds is 10. The Kier molecular flexibility index (Phi) is 8.19. The molecule has 192 valence electrons. The molecule has 0 aliphatic carbocycles. The molecular weight excluding hydrogens is 458 g/mol. The Balaban J connectivity index is 1.18. The van der Waals surface area contributed by atoms with E-state index < -0.39 is 0 Å². The van der Waals surface area contributed by atoms with E-state index in [1.807, 2.05) is 50.4 Å². The number of nitrogens with zero attached hydrogens (tertiary/aromatic N) is 3. The van der Waals surface area contributed by atoms with Crippen LogP contribution < -0.4 is 5.69 Å². The van der Waals surface area contributed by atoms with E-state index in [-0.39, 0.29) is 17.6 Å². The van der Waals surface area contributed by atoms with Crippen molar-refractivity contribution in [2.45, 2.75) is 64.0 Å². The van der Waals surface area contributed by atoms with Crippen LogP contribution >= 0.6 is 0 Å². The minimum absolute atomic E-state index is 0.0912. The number of piperidine rings is 1. The fraction of sp³-hybridized carbons (Fsp3) is 0.375. The second-order valence-electron chi connectivity index (χ2n) is 10.2. The van der Waals surface area contributed by atoms with Crippen LogP contribution in [0.5, 0.6) is 0 Å². The number of benzene rings is 3. The Morgan fingerprint density at radius 3 is 1.92 bits per heavy atom. The van der Waals surface area contributed by atoms with Crippen LogP contribution in [0.1, 0.15) is 55.7 Å². The van der Waals surface area contributed by atoms with E-state index in [9.17, 15) is 9.59 Å². The molecule has 0 radical (unpaired) electrons. The summed E-state index contributed by atoms with van der Waals surface area (Å²) in [6, 6.07) is 29.2. The van der Waals surface area contributed by atoms with Crippen molar-refractivity contribution in [3.63, 3.8) is 0 Å². The Morgan fingerprint density at radius 1 is 0.703 bits per heavy atom. The van der Waals surface area contributed by atoms with Gasteiger partial charge in [0.25, 0.3) is 0 Å². The summed E-state index contributed by atoms with van der Waals surface area (Å²) >= 11 is 0. The number of likely N-dealkylation sites (tertiary alicyclic amines) is 1. The first kappa shape index (κ1) is 25.1. The van der Waals surface area contributed by atoms with Crippen LogP contribution in [-0.4, -0.2) is 33.0 Å². The van der Waals surface area contributed by atoms with Gasteiger partial charge in [0, 0.05) is 32.1 Å².